The third-order valence-electron chi connectivity index (χ3n) is 7.80. The molecule has 1 fully saturated rings. The van der Waals surface area contributed by atoms with Crippen molar-refractivity contribution in [2.75, 3.05) is 18.4 Å². The zero-order chi connectivity index (χ0) is 33.5. The van der Waals surface area contributed by atoms with E-state index >= 15 is 0 Å². The topological polar surface area (TPSA) is 144 Å². The third-order valence-corrected chi connectivity index (χ3v) is 7.99. The average Bonchev–Trinajstić information content (AvgIpc) is 3.48. The molecular formula is C34H30F2N10NiO. The Kier molecular flexibility index (Phi) is 10.2. The van der Waals surface area contributed by atoms with Crippen molar-refractivity contribution >= 4 is 27.5 Å². The molecule has 0 aliphatic carbocycles. The van der Waals surface area contributed by atoms with Crippen molar-refractivity contribution in [1.82, 2.24) is 34.4 Å². The molecule has 5 aromatic rings. The average molecular weight is 691 g/mol. The van der Waals surface area contributed by atoms with Gasteiger partial charge in [0.1, 0.15) is 17.6 Å². The number of hydrogen-bond acceptors (Lipinski definition) is 10. The van der Waals surface area contributed by atoms with E-state index < -0.39 is 6.61 Å². The van der Waals surface area contributed by atoms with Gasteiger partial charge in [-0.2, -0.15) is 14.0 Å². The van der Waals surface area contributed by atoms with Gasteiger partial charge in [-0.25, -0.2) is 9.97 Å². The van der Waals surface area contributed by atoms with Crippen LogP contribution in [0.15, 0.2) is 85.3 Å². The molecule has 5 heterocycles. The summed E-state index contributed by atoms with van der Waals surface area (Å²) >= 11 is 4.68. The van der Waals surface area contributed by atoms with Crippen LogP contribution >= 0.6 is 0 Å². The molecule has 6 rings (SSSR count). The molecule has 0 atom stereocenters. The van der Waals surface area contributed by atoms with Crippen molar-refractivity contribution in [3.63, 3.8) is 0 Å². The van der Waals surface area contributed by atoms with Gasteiger partial charge in [0.15, 0.2) is 0 Å². The van der Waals surface area contributed by atoms with E-state index in [1.165, 1.54) is 23.5 Å². The third kappa shape index (κ3) is 7.60. The van der Waals surface area contributed by atoms with Gasteiger partial charge in [0.05, 0.1) is 0 Å². The Morgan fingerprint density at radius 1 is 1.04 bits per heavy atom. The van der Waals surface area contributed by atoms with Crippen LogP contribution in [0.2, 0.25) is 0 Å². The van der Waals surface area contributed by atoms with E-state index in [2.05, 4.69) is 57.1 Å². The number of piperidine rings is 1. The molecule has 0 spiro atoms. The van der Waals surface area contributed by atoms with Crippen LogP contribution in [0.1, 0.15) is 30.1 Å². The Balaban J connectivity index is 1.23. The summed E-state index contributed by atoms with van der Waals surface area (Å²) < 4.78 is 31.6. The second-order valence-electron chi connectivity index (χ2n) is 10.9. The Morgan fingerprint density at radius 2 is 1.83 bits per heavy atom. The van der Waals surface area contributed by atoms with Crippen molar-refractivity contribution in [3.8, 4) is 28.9 Å². The number of aromatic nitrogens is 6. The van der Waals surface area contributed by atoms with Gasteiger partial charge in [-0.1, -0.05) is 0 Å². The van der Waals surface area contributed by atoms with Crippen LogP contribution in [0.25, 0.3) is 33.8 Å². The molecule has 1 aliphatic heterocycles. The van der Waals surface area contributed by atoms with E-state index in [-0.39, 0.29) is 17.6 Å². The first kappa shape index (κ1) is 32.6. The van der Waals surface area contributed by atoms with Crippen molar-refractivity contribution in [2.45, 2.75) is 32.0 Å². The number of halogens is 2. The number of alkyl halides is 2. The molecule has 246 valence electrons. The second kappa shape index (κ2) is 15.0. The summed E-state index contributed by atoms with van der Waals surface area (Å²) in [5.74, 6) is 1.37. The number of likely N-dealkylation sites (tertiary alicyclic amines) is 1. The van der Waals surface area contributed by atoms with Gasteiger partial charge in [0.25, 0.3) is 0 Å². The van der Waals surface area contributed by atoms with Crippen LogP contribution in [0.4, 0.5) is 14.6 Å². The second-order valence-corrected chi connectivity index (χ2v) is 11.2. The first-order valence-electron chi connectivity index (χ1n) is 15.0. The monoisotopic (exact) mass is 690 g/mol. The van der Waals surface area contributed by atoms with E-state index in [1.54, 1.807) is 36.5 Å². The first-order chi connectivity index (χ1) is 23.4. The predicted octanol–water partition coefficient (Wildman–Crippen LogP) is 5.03. The summed E-state index contributed by atoms with van der Waals surface area (Å²) in [5.41, 5.74) is 10.9. The van der Waals surface area contributed by atoms with Crippen LogP contribution in [0, 0.1) is 11.3 Å². The van der Waals surface area contributed by atoms with Gasteiger partial charge in [-0.15, -0.1) is 0 Å². The number of nitrogens with two attached hydrogens (primary N) is 1. The van der Waals surface area contributed by atoms with Crippen molar-refractivity contribution in [3.05, 3.63) is 103 Å². The zero-order valence-electron chi connectivity index (χ0n) is 25.5. The van der Waals surface area contributed by atoms with Gasteiger partial charge in [-0.3, -0.25) is 0 Å². The Bertz CT molecular complexity index is 2000. The van der Waals surface area contributed by atoms with Crippen LogP contribution in [-0.2, 0) is 21.6 Å². The van der Waals surface area contributed by atoms with Crippen LogP contribution in [0.3, 0.4) is 0 Å². The number of hydrogen-bond donors (Lipinski definition) is 2. The first-order valence-corrected chi connectivity index (χ1v) is 15.6. The number of imidazole rings is 1. The minimum atomic E-state index is -2.94. The largest absolute Gasteiger partial charge is 0.202 e. The molecule has 0 unspecified atom stereocenters. The van der Waals surface area contributed by atoms with Gasteiger partial charge in [0, 0.05) is 25.3 Å². The predicted molar refractivity (Wildman–Crippen MR) is 175 cm³/mol. The minimum Gasteiger partial charge on any atom is -0.202 e. The fourth-order valence-electron chi connectivity index (χ4n) is 5.53. The van der Waals surface area contributed by atoms with Gasteiger partial charge in [0.2, 0.25) is 5.82 Å². The summed E-state index contributed by atoms with van der Waals surface area (Å²) in [6.45, 7) is -0.309. The smallest absolute Gasteiger partial charge is 0.000435 e. The van der Waals surface area contributed by atoms with Crippen molar-refractivity contribution in [2.24, 2.45) is 5.73 Å². The van der Waals surface area contributed by atoms with E-state index in [9.17, 15) is 8.78 Å². The van der Waals surface area contributed by atoms with E-state index in [0.29, 0.717) is 39.8 Å². The molecule has 48 heavy (non-hydrogen) atoms. The number of rotatable bonds is 11. The van der Waals surface area contributed by atoms with Crippen molar-refractivity contribution in [1.29, 1.82) is 5.26 Å². The number of nitrogens with zero attached hydrogens (tertiary/aromatic N) is 8. The zero-order valence-corrected chi connectivity index (χ0v) is 26.5. The summed E-state index contributed by atoms with van der Waals surface area (Å²) in [7, 11) is 0. The van der Waals surface area contributed by atoms with Gasteiger partial charge in [-0.05, 0) is 18.9 Å². The molecule has 1 aromatic carbocycles. The van der Waals surface area contributed by atoms with E-state index in [1.807, 2.05) is 28.8 Å². The molecule has 0 bridgehead atoms. The summed E-state index contributed by atoms with van der Waals surface area (Å²) in [5, 5.41) is 12.5. The van der Waals surface area contributed by atoms with E-state index in [4.69, 9.17) is 21.0 Å². The van der Waals surface area contributed by atoms with Crippen molar-refractivity contribution < 1.29 is 28.5 Å². The Labute approximate surface area is 282 Å². The molecule has 0 saturated carbocycles. The maximum atomic E-state index is 12.6. The maximum absolute atomic E-state index is 12.6. The number of fused-ring (bicyclic) bond motifs is 1. The number of ether oxygens (including phenoxy) is 1. The standard InChI is InChI=1S/C34H30F2N10O.Ni/c1-2-3-23(18-37)32-43-29-11-10-28(27-9-8-26(20-40-27)47-34(35)36)42-33(29)46(32)25-6-4-22(5-7-25)21-45-16-13-24(14-17-45)41-30-12-15-39-31(19-38)44-30;/h1-12,15,18,20,24,34H,13-14,16-17,21,37H2,(H,39,41,44);/b3-2-,23-18?;. The molecule has 1 saturated heterocycles. The minimum absolute atomic E-state index is 0.0374. The van der Waals surface area contributed by atoms with E-state index in [0.717, 1.165) is 43.7 Å². The number of nitrogens with one attached hydrogen (secondary N) is 1. The van der Waals surface area contributed by atoms with Crippen LogP contribution < -0.4 is 15.8 Å². The molecule has 11 nitrogen and oxygen atoms in total. The molecule has 3 N–H and O–H groups in total. The molecule has 4 aromatic heterocycles. The Morgan fingerprint density at radius 3 is 2.52 bits per heavy atom. The Hall–Kier alpha value is -5.38. The summed E-state index contributed by atoms with van der Waals surface area (Å²) in [6.07, 6.45) is 9.73. The fraction of sp³-hybridized carbons (Fsp3) is 0.206. The molecule has 1 aliphatic rings. The molecule has 14 heteroatoms. The quantitative estimate of drug-likeness (QED) is 0.143. The number of allylic oxidation sites excluding steroid dienone is 3. The summed E-state index contributed by atoms with van der Waals surface area (Å²) in [6, 6.07) is 18.9. The normalized spacial score (nSPS) is 14.5. The summed E-state index contributed by atoms with van der Waals surface area (Å²) in [4.78, 5) is 26.1. The van der Waals surface area contributed by atoms with Gasteiger partial charge >= 0.3 is 182 Å². The molecular weight excluding hydrogens is 661 g/mol. The fourth-order valence-corrected chi connectivity index (χ4v) is 5.62. The number of nitriles is 1. The maximum Gasteiger partial charge on any atom is 0.000435 e. The number of anilines is 1. The van der Waals surface area contributed by atoms with Crippen LogP contribution in [0.5, 0.6) is 5.75 Å². The molecule has 0 amide bonds. The van der Waals surface area contributed by atoms with Gasteiger partial charge < -0.3 is 10.1 Å². The molecule has 0 radical (unpaired) electrons. The SMILES string of the molecule is N#Cc1nccc(NC2CCN(Cc3ccc(-n4c(C(=CN)/C=C\[CH]=[Ni])nc5ccc(-c6ccc(OC(F)F)cn6)nc54)cc3)CC2)n1. The van der Waals surface area contributed by atoms with Crippen LogP contribution in [-0.4, -0.2) is 65.1 Å². The number of benzene rings is 1. The number of pyridine rings is 2.